The second kappa shape index (κ2) is 10.1. The summed E-state index contributed by atoms with van der Waals surface area (Å²) in [6.07, 6.45) is 5.48. The van der Waals surface area contributed by atoms with Crippen molar-refractivity contribution in [3.8, 4) is 0 Å². The van der Waals surface area contributed by atoms with E-state index in [1.54, 1.807) is 21.9 Å². The molecule has 0 aliphatic carbocycles. The van der Waals surface area contributed by atoms with Crippen molar-refractivity contribution in [2.45, 2.75) is 32.7 Å². The highest BCUT2D eigenvalue weighted by atomic mass is 19.1. The molecule has 1 aromatic carbocycles. The molecule has 1 saturated heterocycles. The number of piperazine rings is 1. The van der Waals surface area contributed by atoms with Gasteiger partial charge in [-0.1, -0.05) is 19.1 Å². The number of carbonyl (C=O) groups is 2. The van der Waals surface area contributed by atoms with Crippen LogP contribution < -0.4 is 4.90 Å². The Hall–Kier alpha value is -3.03. The van der Waals surface area contributed by atoms with Gasteiger partial charge in [0, 0.05) is 57.6 Å². The minimum Gasteiger partial charge on any atom is -0.366 e. The number of hydrogen-bond donors (Lipinski definition) is 0. The number of hydrogen-bond acceptors (Lipinski definition) is 5. The van der Waals surface area contributed by atoms with Gasteiger partial charge in [-0.05, 0) is 25.5 Å². The third-order valence-electron chi connectivity index (χ3n) is 5.56. The summed E-state index contributed by atoms with van der Waals surface area (Å²) < 4.78 is 14.0. The van der Waals surface area contributed by atoms with Gasteiger partial charge in [0.1, 0.15) is 11.5 Å². The molecule has 8 heteroatoms. The Kier molecular flexibility index (Phi) is 7.32. The highest BCUT2D eigenvalue weighted by molar-refractivity contribution is 5.92. The molecule has 0 bridgehead atoms. The van der Waals surface area contributed by atoms with E-state index < -0.39 is 0 Å². The number of nitrogens with zero attached hydrogens (tertiary/aromatic N) is 5. The van der Waals surface area contributed by atoms with Gasteiger partial charge in [0.05, 0.1) is 11.9 Å². The Morgan fingerprint density at radius 3 is 2.53 bits per heavy atom. The van der Waals surface area contributed by atoms with Crippen LogP contribution in [-0.2, 0) is 4.79 Å². The van der Waals surface area contributed by atoms with Crippen LogP contribution in [0.5, 0.6) is 0 Å². The third-order valence-corrected chi connectivity index (χ3v) is 5.56. The van der Waals surface area contributed by atoms with E-state index in [0.29, 0.717) is 38.4 Å². The lowest BCUT2D eigenvalue weighted by Gasteiger charge is -2.37. The molecular formula is C22H28FN5O2. The average molecular weight is 413 g/mol. The van der Waals surface area contributed by atoms with Crippen molar-refractivity contribution in [2.24, 2.45) is 0 Å². The molecule has 1 aromatic heterocycles. The van der Waals surface area contributed by atoms with Crippen molar-refractivity contribution >= 4 is 17.5 Å². The second-order valence-corrected chi connectivity index (χ2v) is 7.42. The van der Waals surface area contributed by atoms with Crippen molar-refractivity contribution in [2.75, 3.05) is 37.6 Å². The minimum absolute atomic E-state index is 0.00318. The summed E-state index contributed by atoms with van der Waals surface area (Å²) in [7, 11) is 0. The first-order chi connectivity index (χ1) is 14.5. The topological polar surface area (TPSA) is 69.6 Å². The van der Waals surface area contributed by atoms with Gasteiger partial charge in [0.2, 0.25) is 5.91 Å². The van der Waals surface area contributed by atoms with Gasteiger partial charge in [0.25, 0.3) is 5.91 Å². The average Bonchev–Trinajstić information content (AvgIpc) is 2.79. The first kappa shape index (κ1) is 21.7. The van der Waals surface area contributed by atoms with Crippen LogP contribution in [0.2, 0.25) is 0 Å². The molecule has 0 spiro atoms. The Bertz CT molecular complexity index is 856. The zero-order valence-corrected chi connectivity index (χ0v) is 17.5. The van der Waals surface area contributed by atoms with Gasteiger partial charge in [0.15, 0.2) is 0 Å². The minimum atomic E-state index is -0.246. The van der Waals surface area contributed by atoms with E-state index in [1.165, 1.54) is 24.7 Å². The molecule has 2 amide bonds. The monoisotopic (exact) mass is 413 g/mol. The molecule has 1 atom stereocenters. The summed E-state index contributed by atoms with van der Waals surface area (Å²) >= 11 is 0. The van der Waals surface area contributed by atoms with Crippen LogP contribution in [0.1, 0.15) is 37.2 Å². The van der Waals surface area contributed by atoms with Gasteiger partial charge in [-0.15, -0.1) is 0 Å². The van der Waals surface area contributed by atoms with E-state index in [9.17, 15) is 14.0 Å². The molecule has 0 radical (unpaired) electrons. The first-order valence-corrected chi connectivity index (χ1v) is 10.4. The van der Waals surface area contributed by atoms with E-state index in [-0.39, 0.29) is 35.8 Å². The lowest BCUT2D eigenvalue weighted by Crippen LogP contribution is -2.50. The molecular weight excluding hydrogens is 385 g/mol. The number of rotatable bonds is 7. The van der Waals surface area contributed by atoms with Crippen molar-refractivity contribution in [3.05, 3.63) is 54.4 Å². The van der Waals surface area contributed by atoms with Crippen molar-refractivity contribution in [1.29, 1.82) is 0 Å². The first-order valence-electron chi connectivity index (χ1n) is 10.4. The van der Waals surface area contributed by atoms with Crippen LogP contribution in [0.4, 0.5) is 10.1 Å². The SMILES string of the molecule is CCC(C)N(CCC(=O)N1CCN(c2ccccc2F)CC1)C(=O)c1cnccn1. The van der Waals surface area contributed by atoms with Crippen LogP contribution in [0.15, 0.2) is 42.9 Å². The van der Waals surface area contributed by atoms with E-state index in [0.717, 1.165) is 6.42 Å². The Morgan fingerprint density at radius 2 is 1.90 bits per heavy atom. The highest BCUT2D eigenvalue weighted by Gasteiger charge is 2.26. The summed E-state index contributed by atoms with van der Waals surface area (Å²) in [5.74, 6) is -0.456. The summed E-state index contributed by atoms with van der Waals surface area (Å²) in [5, 5.41) is 0. The molecule has 2 heterocycles. The van der Waals surface area contributed by atoms with Crippen LogP contribution in [-0.4, -0.2) is 70.3 Å². The number of benzene rings is 1. The normalized spacial score (nSPS) is 15.0. The number of carbonyl (C=O) groups excluding carboxylic acids is 2. The van der Waals surface area contributed by atoms with Gasteiger partial charge in [-0.2, -0.15) is 0 Å². The largest absolute Gasteiger partial charge is 0.366 e. The molecule has 1 unspecified atom stereocenters. The third kappa shape index (κ3) is 5.11. The predicted molar refractivity (Wildman–Crippen MR) is 113 cm³/mol. The summed E-state index contributed by atoms with van der Waals surface area (Å²) in [4.78, 5) is 39.1. The quantitative estimate of drug-likeness (QED) is 0.698. The van der Waals surface area contributed by atoms with Crippen molar-refractivity contribution in [1.82, 2.24) is 19.8 Å². The fraction of sp³-hybridized carbons (Fsp3) is 0.455. The van der Waals surface area contributed by atoms with E-state index >= 15 is 0 Å². The standard InChI is InChI=1S/C22H28FN5O2/c1-3-17(2)28(22(30)19-16-24-9-10-25-19)11-8-21(29)27-14-12-26(13-15-27)20-7-5-4-6-18(20)23/h4-7,9-10,16-17H,3,8,11-15H2,1-2H3. The smallest absolute Gasteiger partial charge is 0.274 e. The maximum atomic E-state index is 14.0. The van der Waals surface area contributed by atoms with E-state index in [4.69, 9.17) is 0 Å². The highest BCUT2D eigenvalue weighted by Crippen LogP contribution is 2.20. The van der Waals surface area contributed by atoms with Gasteiger partial charge in [-0.25, -0.2) is 9.37 Å². The van der Waals surface area contributed by atoms with E-state index in [2.05, 4.69) is 9.97 Å². The number of halogens is 1. The molecule has 0 saturated carbocycles. The molecule has 30 heavy (non-hydrogen) atoms. The number of amides is 2. The fourth-order valence-electron chi connectivity index (χ4n) is 3.58. The predicted octanol–water partition coefficient (Wildman–Crippen LogP) is 2.60. The molecule has 1 aliphatic rings. The van der Waals surface area contributed by atoms with Gasteiger partial charge >= 0.3 is 0 Å². The molecule has 0 N–H and O–H groups in total. The zero-order chi connectivity index (χ0) is 21.5. The number of para-hydroxylation sites is 1. The Morgan fingerprint density at radius 1 is 1.17 bits per heavy atom. The van der Waals surface area contributed by atoms with Crippen LogP contribution in [0.3, 0.4) is 0 Å². The summed E-state index contributed by atoms with van der Waals surface area (Å²) in [6, 6.07) is 6.68. The van der Waals surface area contributed by atoms with Crippen molar-refractivity contribution < 1.29 is 14.0 Å². The molecule has 1 aliphatic heterocycles. The lowest BCUT2D eigenvalue weighted by molar-refractivity contribution is -0.131. The molecule has 7 nitrogen and oxygen atoms in total. The molecule has 1 fully saturated rings. The van der Waals surface area contributed by atoms with Crippen LogP contribution >= 0.6 is 0 Å². The second-order valence-electron chi connectivity index (χ2n) is 7.42. The van der Waals surface area contributed by atoms with Crippen molar-refractivity contribution in [3.63, 3.8) is 0 Å². The van der Waals surface area contributed by atoms with Gasteiger partial charge < -0.3 is 14.7 Å². The van der Waals surface area contributed by atoms with Crippen LogP contribution in [0.25, 0.3) is 0 Å². The molecule has 3 rings (SSSR count). The molecule has 160 valence electrons. The molecule has 2 aromatic rings. The maximum absolute atomic E-state index is 14.0. The number of anilines is 1. The maximum Gasteiger partial charge on any atom is 0.274 e. The summed E-state index contributed by atoms with van der Waals surface area (Å²) in [5.41, 5.74) is 0.853. The van der Waals surface area contributed by atoms with Gasteiger partial charge in [-0.3, -0.25) is 14.6 Å². The van der Waals surface area contributed by atoms with Crippen LogP contribution in [0, 0.1) is 5.82 Å². The Labute approximate surface area is 176 Å². The number of aromatic nitrogens is 2. The zero-order valence-electron chi connectivity index (χ0n) is 17.5. The van der Waals surface area contributed by atoms with E-state index in [1.807, 2.05) is 24.8 Å². The fourth-order valence-corrected chi connectivity index (χ4v) is 3.58. The lowest BCUT2D eigenvalue weighted by atomic mass is 10.1. The summed E-state index contributed by atoms with van der Waals surface area (Å²) in [6.45, 7) is 6.54. The Balaban J connectivity index is 1.56.